The molecule has 0 atom stereocenters. The fraction of sp³-hybridized carbons (Fsp3) is 0.773. The number of nitrogens with zero attached hydrogens (tertiary/aromatic N) is 5. The fourth-order valence-electron chi connectivity index (χ4n) is 4.61. The van der Waals surface area contributed by atoms with Gasteiger partial charge < -0.3 is 9.64 Å². The zero-order valence-corrected chi connectivity index (χ0v) is 17.6. The predicted octanol–water partition coefficient (Wildman–Crippen LogP) is 1.14. The molecule has 0 amide bonds. The van der Waals surface area contributed by atoms with E-state index < -0.39 is 0 Å². The van der Waals surface area contributed by atoms with Crippen LogP contribution in [0, 0.1) is 11.8 Å². The number of hydrogen-bond donors (Lipinski definition) is 0. The van der Waals surface area contributed by atoms with Crippen molar-refractivity contribution in [3.05, 3.63) is 17.0 Å². The Bertz CT molecular complexity index is 702. The zero-order chi connectivity index (χ0) is 19.3. The van der Waals surface area contributed by atoms with Gasteiger partial charge in [0.1, 0.15) is 6.61 Å². The van der Waals surface area contributed by atoms with Crippen molar-refractivity contribution in [2.75, 3.05) is 59.5 Å². The Morgan fingerprint density at radius 2 is 1.75 bits per heavy atom. The van der Waals surface area contributed by atoms with Gasteiger partial charge in [-0.05, 0) is 44.7 Å². The van der Waals surface area contributed by atoms with Gasteiger partial charge in [-0.25, -0.2) is 0 Å². The van der Waals surface area contributed by atoms with Crippen LogP contribution in [0.3, 0.4) is 0 Å². The molecule has 0 aromatic carbocycles. The quantitative estimate of drug-likeness (QED) is 0.711. The molecule has 1 aliphatic carbocycles. The molecule has 0 N–H and O–H groups in total. The third kappa shape index (κ3) is 4.96. The average Bonchev–Trinajstić information content (AvgIpc) is 3.26. The van der Waals surface area contributed by atoms with Gasteiger partial charge in [0.05, 0.1) is 24.0 Å². The summed E-state index contributed by atoms with van der Waals surface area (Å²) in [6.07, 6.45) is 6.24. The number of likely N-dealkylation sites (tertiary alicyclic amines) is 1. The van der Waals surface area contributed by atoms with Crippen molar-refractivity contribution in [1.82, 2.24) is 24.5 Å². The lowest BCUT2D eigenvalue weighted by molar-refractivity contribution is 0.0220. The summed E-state index contributed by atoms with van der Waals surface area (Å²) in [4.78, 5) is 7.37. The second-order valence-corrected chi connectivity index (χ2v) is 8.57. The Morgan fingerprint density at radius 3 is 2.54 bits per heavy atom. The zero-order valence-electron chi connectivity index (χ0n) is 17.6. The van der Waals surface area contributed by atoms with Gasteiger partial charge in [0.15, 0.2) is 0 Å². The van der Waals surface area contributed by atoms with Gasteiger partial charge in [-0.3, -0.25) is 14.5 Å². The first-order valence-electron chi connectivity index (χ1n) is 10.9. The molecule has 6 heteroatoms. The van der Waals surface area contributed by atoms with Crippen molar-refractivity contribution in [1.29, 1.82) is 0 Å². The molecule has 0 unspecified atom stereocenters. The molecular formula is C22H35N5O. The maximum absolute atomic E-state index is 6.03. The van der Waals surface area contributed by atoms with Gasteiger partial charge in [0.2, 0.25) is 0 Å². The molecule has 1 aromatic heterocycles. The van der Waals surface area contributed by atoms with Gasteiger partial charge in [-0.2, -0.15) is 5.10 Å². The highest BCUT2D eigenvalue weighted by molar-refractivity contribution is 5.30. The summed E-state index contributed by atoms with van der Waals surface area (Å²) in [5, 5.41) is 4.71. The van der Waals surface area contributed by atoms with E-state index in [-0.39, 0.29) is 0 Å². The molecule has 28 heavy (non-hydrogen) atoms. The molecule has 0 bridgehead atoms. The van der Waals surface area contributed by atoms with E-state index in [1.807, 2.05) is 0 Å². The van der Waals surface area contributed by atoms with E-state index in [9.17, 15) is 0 Å². The molecule has 3 heterocycles. The lowest BCUT2D eigenvalue weighted by atomic mass is 10.1. The van der Waals surface area contributed by atoms with Crippen LogP contribution in [0.4, 0.5) is 0 Å². The molecule has 154 valence electrons. The van der Waals surface area contributed by atoms with Crippen LogP contribution in [0.15, 0.2) is 0 Å². The van der Waals surface area contributed by atoms with E-state index in [1.165, 1.54) is 29.8 Å². The second kappa shape index (κ2) is 9.41. The number of ether oxygens (including phenoxy) is 1. The molecule has 6 nitrogen and oxygen atoms in total. The number of piperidine rings is 1. The minimum Gasteiger partial charge on any atom is -0.365 e. The van der Waals surface area contributed by atoms with Crippen LogP contribution in [-0.4, -0.2) is 90.1 Å². The van der Waals surface area contributed by atoms with Crippen molar-refractivity contribution in [2.45, 2.75) is 44.8 Å². The molecule has 2 aliphatic heterocycles. The third-order valence-electron chi connectivity index (χ3n) is 6.52. The summed E-state index contributed by atoms with van der Waals surface area (Å²) < 4.78 is 8.14. The first kappa shape index (κ1) is 19.9. The monoisotopic (exact) mass is 385 g/mol. The predicted molar refractivity (Wildman–Crippen MR) is 111 cm³/mol. The molecule has 4 rings (SSSR count). The lowest BCUT2D eigenvalue weighted by Gasteiger charge is -2.31. The molecule has 0 saturated carbocycles. The summed E-state index contributed by atoms with van der Waals surface area (Å²) in [6, 6.07) is 0. The van der Waals surface area contributed by atoms with E-state index in [0.29, 0.717) is 12.7 Å². The molecule has 0 spiro atoms. The molecule has 1 aromatic rings. The summed E-state index contributed by atoms with van der Waals surface area (Å²) in [6.45, 7) is 9.28. The van der Waals surface area contributed by atoms with Crippen molar-refractivity contribution in [2.24, 2.45) is 7.05 Å². The third-order valence-corrected chi connectivity index (χ3v) is 6.52. The van der Waals surface area contributed by atoms with E-state index in [4.69, 9.17) is 9.84 Å². The number of hydrogen-bond acceptors (Lipinski definition) is 5. The fourth-order valence-corrected chi connectivity index (χ4v) is 4.61. The summed E-state index contributed by atoms with van der Waals surface area (Å²) in [5.41, 5.74) is 4.30. The largest absolute Gasteiger partial charge is 0.365 e. The number of aryl methyl sites for hydroxylation is 2. The van der Waals surface area contributed by atoms with Crippen molar-refractivity contribution in [3.8, 4) is 11.8 Å². The standard InChI is InChI=1S/C22H35N5O/c1-24-13-15-26(16-14-24)10-3-4-17-28-19-8-11-27(12-9-19)18-22-20-6-5-7-21(20)23-25(22)2/h19H,5-18H2,1-2H3. The van der Waals surface area contributed by atoms with Crippen LogP contribution >= 0.6 is 0 Å². The Balaban J connectivity index is 1.14. The molecular weight excluding hydrogens is 350 g/mol. The Kier molecular flexibility index (Phi) is 6.69. The summed E-state index contributed by atoms with van der Waals surface area (Å²) >= 11 is 0. The highest BCUT2D eigenvalue weighted by Crippen LogP contribution is 2.26. The van der Waals surface area contributed by atoms with E-state index in [0.717, 1.165) is 71.6 Å². The lowest BCUT2D eigenvalue weighted by Crippen LogP contribution is -2.44. The minimum atomic E-state index is 0.367. The smallest absolute Gasteiger partial charge is 0.108 e. The van der Waals surface area contributed by atoms with Crippen molar-refractivity contribution < 1.29 is 4.74 Å². The van der Waals surface area contributed by atoms with Crippen LogP contribution in [0.2, 0.25) is 0 Å². The summed E-state index contributed by atoms with van der Waals surface area (Å²) in [5.74, 6) is 6.51. The number of fused-ring (bicyclic) bond motifs is 1. The van der Waals surface area contributed by atoms with E-state index >= 15 is 0 Å². The number of aromatic nitrogens is 2. The molecule has 2 fully saturated rings. The van der Waals surface area contributed by atoms with Crippen LogP contribution in [-0.2, 0) is 31.2 Å². The normalized spacial score (nSPS) is 22.2. The maximum atomic E-state index is 6.03. The SMILES string of the molecule is CN1CCN(CC#CCOC2CCN(Cc3c4c(nn3C)CCC4)CC2)CC1. The van der Waals surface area contributed by atoms with Crippen LogP contribution < -0.4 is 0 Å². The van der Waals surface area contributed by atoms with Crippen LogP contribution in [0.25, 0.3) is 0 Å². The van der Waals surface area contributed by atoms with Gasteiger partial charge in [-0.1, -0.05) is 11.8 Å². The topological polar surface area (TPSA) is 36.8 Å². The minimum absolute atomic E-state index is 0.367. The highest BCUT2D eigenvalue weighted by Gasteiger charge is 2.25. The molecule has 2 saturated heterocycles. The van der Waals surface area contributed by atoms with E-state index in [1.54, 1.807) is 0 Å². The average molecular weight is 386 g/mol. The van der Waals surface area contributed by atoms with Gasteiger partial charge in [-0.15, -0.1) is 0 Å². The molecule has 0 radical (unpaired) electrons. The number of likely N-dealkylation sites (N-methyl/N-ethyl adjacent to an activating group) is 1. The first-order chi connectivity index (χ1) is 13.7. The second-order valence-electron chi connectivity index (χ2n) is 8.57. The molecule has 3 aliphatic rings. The number of rotatable bonds is 5. The Hall–Kier alpha value is -1.39. The summed E-state index contributed by atoms with van der Waals surface area (Å²) in [7, 11) is 4.29. The van der Waals surface area contributed by atoms with Crippen molar-refractivity contribution >= 4 is 0 Å². The number of piperazine rings is 1. The van der Waals surface area contributed by atoms with Crippen LogP contribution in [0.1, 0.15) is 36.2 Å². The Morgan fingerprint density at radius 1 is 0.964 bits per heavy atom. The van der Waals surface area contributed by atoms with Gasteiger partial charge in [0.25, 0.3) is 0 Å². The van der Waals surface area contributed by atoms with E-state index in [2.05, 4.69) is 45.3 Å². The highest BCUT2D eigenvalue weighted by atomic mass is 16.5. The van der Waals surface area contributed by atoms with Crippen LogP contribution in [0.5, 0.6) is 0 Å². The van der Waals surface area contributed by atoms with Gasteiger partial charge in [0, 0.05) is 52.9 Å². The van der Waals surface area contributed by atoms with Gasteiger partial charge >= 0.3 is 0 Å². The first-order valence-corrected chi connectivity index (χ1v) is 10.9. The Labute approximate surface area is 169 Å². The van der Waals surface area contributed by atoms with Crippen molar-refractivity contribution in [3.63, 3.8) is 0 Å². The maximum Gasteiger partial charge on any atom is 0.108 e.